The lowest BCUT2D eigenvalue weighted by molar-refractivity contribution is -0.116. The molecule has 2 aromatic rings. The third kappa shape index (κ3) is 5.09. The predicted octanol–water partition coefficient (Wildman–Crippen LogP) is 0.303. The number of aromatic carboxylic acids is 1. The summed E-state index contributed by atoms with van der Waals surface area (Å²) < 4.78 is 27.5. The number of benzene rings is 1. The van der Waals surface area contributed by atoms with Gasteiger partial charge in [-0.25, -0.2) is 22.6 Å². The summed E-state index contributed by atoms with van der Waals surface area (Å²) in [6.07, 6.45) is 1.82. The number of rotatable bonds is 8. The van der Waals surface area contributed by atoms with Gasteiger partial charge < -0.3 is 10.4 Å². The molecule has 0 spiro atoms. The highest BCUT2D eigenvalue weighted by molar-refractivity contribution is 7.89. The normalized spacial score (nSPS) is 11.2. The van der Waals surface area contributed by atoms with Crippen LogP contribution in [0, 0.1) is 0 Å². The number of amides is 1. The van der Waals surface area contributed by atoms with Crippen molar-refractivity contribution in [3.8, 4) is 0 Å². The van der Waals surface area contributed by atoms with Crippen LogP contribution in [0.15, 0.2) is 35.4 Å². The van der Waals surface area contributed by atoms with Crippen molar-refractivity contribution in [1.82, 2.24) is 19.7 Å². The number of hydrogen-bond acceptors (Lipinski definition) is 6. The van der Waals surface area contributed by atoms with E-state index in [0.717, 1.165) is 10.9 Å². The first-order chi connectivity index (χ1) is 11.8. The Hall–Kier alpha value is -2.79. The number of anilines is 1. The summed E-state index contributed by atoms with van der Waals surface area (Å²) in [5, 5.41) is 18.2. The number of nitrogens with one attached hydrogen (secondary N) is 2. The standard InChI is InChI=1S/C14H17N5O5S/c1-2-7-15-25(23,24)11-5-3-10(4-6-11)16-13(20)9-19-8-12(14(21)22)17-18-19/h3-6,8,15H,2,7,9H2,1H3,(H,16,20)(H,21,22). The highest BCUT2D eigenvalue weighted by atomic mass is 32.2. The topological polar surface area (TPSA) is 143 Å². The fourth-order valence-corrected chi connectivity index (χ4v) is 2.99. The lowest BCUT2D eigenvalue weighted by atomic mass is 10.3. The van der Waals surface area contributed by atoms with Gasteiger partial charge in [-0.1, -0.05) is 12.1 Å². The summed E-state index contributed by atoms with van der Waals surface area (Å²) in [6.45, 7) is 1.98. The number of carbonyl (C=O) groups is 2. The molecule has 0 aliphatic carbocycles. The first kappa shape index (κ1) is 18.5. The molecule has 25 heavy (non-hydrogen) atoms. The van der Waals surface area contributed by atoms with Gasteiger partial charge in [-0.2, -0.15) is 0 Å². The molecular weight excluding hydrogens is 350 g/mol. The van der Waals surface area contributed by atoms with E-state index in [4.69, 9.17) is 5.11 Å². The highest BCUT2D eigenvalue weighted by Crippen LogP contribution is 2.14. The Labute approximate surface area is 143 Å². The molecule has 0 fully saturated rings. The van der Waals surface area contributed by atoms with Crippen LogP contribution in [-0.4, -0.2) is 46.9 Å². The van der Waals surface area contributed by atoms with E-state index in [2.05, 4.69) is 20.4 Å². The van der Waals surface area contributed by atoms with Crippen LogP contribution >= 0.6 is 0 Å². The zero-order valence-corrected chi connectivity index (χ0v) is 14.2. The molecule has 3 N–H and O–H groups in total. The number of aromatic nitrogens is 3. The quantitative estimate of drug-likeness (QED) is 0.609. The van der Waals surface area contributed by atoms with Gasteiger partial charge in [0.15, 0.2) is 5.69 Å². The first-order valence-electron chi connectivity index (χ1n) is 7.35. The van der Waals surface area contributed by atoms with E-state index in [9.17, 15) is 18.0 Å². The molecule has 1 heterocycles. The Bertz CT molecular complexity index is 860. The number of carbonyl (C=O) groups excluding carboxylic acids is 1. The van der Waals surface area contributed by atoms with Crippen LogP contribution in [-0.2, 0) is 21.4 Å². The molecular formula is C14H17N5O5S. The summed E-state index contributed by atoms with van der Waals surface area (Å²) in [6, 6.07) is 5.68. The zero-order valence-electron chi connectivity index (χ0n) is 13.3. The summed E-state index contributed by atoms with van der Waals surface area (Å²) in [4.78, 5) is 22.7. The van der Waals surface area contributed by atoms with Crippen LogP contribution in [0.4, 0.5) is 5.69 Å². The predicted molar refractivity (Wildman–Crippen MR) is 87.5 cm³/mol. The number of carboxylic acid groups (broad SMARTS) is 1. The van der Waals surface area contributed by atoms with Crippen molar-refractivity contribution in [2.24, 2.45) is 0 Å². The van der Waals surface area contributed by atoms with Gasteiger partial charge in [0.1, 0.15) is 6.54 Å². The van der Waals surface area contributed by atoms with Gasteiger partial charge in [0.2, 0.25) is 15.9 Å². The van der Waals surface area contributed by atoms with Crippen LogP contribution in [0.5, 0.6) is 0 Å². The van der Waals surface area contributed by atoms with E-state index in [1.165, 1.54) is 24.3 Å². The van der Waals surface area contributed by atoms with Gasteiger partial charge in [-0.15, -0.1) is 5.10 Å². The molecule has 2 rings (SSSR count). The van der Waals surface area contributed by atoms with Gasteiger partial charge in [0, 0.05) is 12.2 Å². The van der Waals surface area contributed by atoms with Gasteiger partial charge in [0.25, 0.3) is 0 Å². The monoisotopic (exact) mass is 367 g/mol. The van der Waals surface area contributed by atoms with Gasteiger partial charge in [-0.05, 0) is 30.7 Å². The van der Waals surface area contributed by atoms with Crippen molar-refractivity contribution in [3.05, 3.63) is 36.2 Å². The molecule has 0 saturated heterocycles. The Morgan fingerprint density at radius 2 is 1.92 bits per heavy atom. The fourth-order valence-electron chi connectivity index (χ4n) is 1.86. The van der Waals surface area contributed by atoms with Crippen LogP contribution in [0.1, 0.15) is 23.8 Å². The maximum Gasteiger partial charge on any atom is 0.358 e. The molecule has 1 amide bonds. The average molecular weight is 367 g/mol. The van der Waals surface area contributed by atoms with E-state index in [1.807, 2.05) is 6.92 Å². The third-order valence-electron chi connectivity index (χ3n) is 3.05. The van der Waals surface area contributed by atoms with Crippen molar-refractivity contribution in [1.29, 1.82) is 0 Å². The summed E-state index contributed by atoms with van der Waals surface area (Å²) in [5.74, 6) is -1.69. The second kappa shape index (κ2) is 7.85. The Morgan fingerprint density at radius 3 is 2.48 bits per heavy atom. The SMILES string of the molecule is CCCNS(=O)(=O)c1ccc(NC(=O)Cn2cc(C(=O)O)nn2)cc1. The van der Waals surface area contributed by atoms with Crippen molar-refractivity contribution in [2.75, 3.05) is 11.9 Å². The Morgan fingerprint density at radius 1 is 1.24 bits per heavy atom. The lowest BCUT2D eigenvalue weighted by Gasteiger charge is -2.08. The second-order valence-electron chi connectivity index (χ2n) is 5.08. The molecule has 0 atom stereocenters. The van der Waals surface area contributed by atoms with Crippen molar-refractivity contribution in [3.63, 3.8) is 0 Å². The van der Waals surface area contributed by atoms with E-state index in [1.54, 1.807) is 0 Å². The summed E-state index contributed by atoms with van der Waals surface area (Å²) in [5.41, 5.74) is 0.139. The number of hydrogen-bond donors (Lipinski definition) is 3. The number of sulfonamides is 1. The first-order valence-corrected chi connectivity index (χ1v) is 8.83. The second-order valence-corrected chi connectivity index (χ2v) is 6.84. The van der Waals surface area contributed by atoms with E-state index in [-0.39, 0.29) is 17.1 Å². The molecule has 0 bridgehead atoms. The maximum atomic E-state index is 12.0. The largest absolute Gasteiger partial charge is 0.476 e. The molecule has 134 valence electrons. The van der Waals surface area contributed by atoms with Crippen molar-refractivity contribution < 1.29 is 23.1 Å². The Kier molecular flexibility index (Phi) is 5.83. The van der Waals surface area contributed by atoms with Crippen LogP contribution < -0.4 is 10.0 Å². The van der Waals surface area contributed by atoms with Crippen LogP contribution in [0.25, 0.3) is 0 Å². The van der Waals surface area contributed by atoms with Crippen molar-refractivity contribution >= 4 is 27.6 Å². The average Bonchev–Trinajstić information content (AvgIpc) is 3.02. The smallest absolute Gasteiger partial charge is 0.358 e. The summed E-state index contributed by atoms with van der Waals surface area (Å²) >= 11 is 0. The maximum absolute atomic E-state index is 12.0. The molecule has 0 unspecified atom stereocenters. The van der Waals surface area contributed by atoms with E-state index < -0.39 is 21.9 Å². The molecule has 1 aromatic heterocycles. The number of carboxylic acids is 1. The van der Waals surface area contributed by atoms with Crippen molar-refractivity contribution in [2.45, 2.75) is 24.8 Å². The van der Waals surface area contributed by atoms with Gasteiger partial charge >= 0.3 is 5.97 Å². The third-order valence-corrected chi connectivity index (χ3v) is 4.53. The minimum atomic E-state index is -3.56. The molecule has 10 nitrogen and oxygen atoms in total. The molecule has 1 aromatic carbocycles. The van der Waals surface area contributed by atoms with E-state index in [0.29, 0.717) is 18.7 Å². The zero-order chi connectivity index (χ0) is 18.4. The molecule has 0 aliphatic rings. The molecule has 0 aliphatic heterocycles. The van der Waals surface area contributed by atoms with Crippen LogP contribution in [0.2, 0.25) is 0 Å². The minimum absolute atomic E-state index is 0.0984. The molecule has 0 radical (unpaired) electrons. The lowest BCUT2D eigenvalue weighted by Crippen LogP contribution is -2.24. The molecule has 11 heteroatoms. The van der Waals surface area contributed by atoms with Gasteiger partial charge in [-0.3, -0.25) is 4.79 Å². The number of nitrogens with zero attached hydrogens (tertiary/aromatic N) is 3. The summed E-state index contributed by atoms with van der Waals surface area (Å²) in [7, 11) is -3.56. The Balaban J connectivity index is 1.98. The highest BCUT2D eigenvalue weighted by Gasteiger charge is 2.14. The van der Waals surface area contributed by atoms with Gasteiger partial charge in [0.05, 0.1) is 11.1 Å². The van der Waals surface area contributed by atoms with Crippen LogP contribution in [0.3, 0.4) is 0 Å². The fraction of sp³-hybridized carbons (Fsp3) is 0.286. The van der Waals surface area contributed by atoms with E-state index >= 15 is 0 Å². The minimum Gasteiger partial charge on any atom is -0.476 e. The molecule has 0 saturated carbocycles.